The minimum atomic E-state index is -0.253. The molecule has 0 aromatic heterocycles. The molecule has 0 saturated heterocycles. The number of benzene rings is 1. The van der Waals surface area contributed by atoms with Crippen molar-refractivity contribution in [3.63, 3.8) is 0 Å². The van der Waals surface area contributed by atoms with Gasteiger partial charge in [-0.2, -0.15) is 0 Å². The highest BCUT2D eigenvalue weighted by molar-refractivity contribution is 5.43. The van der Waals surface area contributed by atoms with Crippen LogP contribution in [0.1, 0.15) is 12.0 Å². The maximum Gasteiger partial charge on any atom is 0.161 e. The van der Waals surface area contributed by atoms with E-state index in [0.29, 0.717) is 19.6 Å². The summed E-state index contributed by atoms with van der Waals surface area (Å²) in [6.45, 7) is 2.58. The van der Waals surface area contributed by atoms with E-state index in [1.54, 1.807) is 0 Å². The van der Waals surface area contributed by atoms with Crippen LogP contribution >= 0.6 is 0 Å². The van der Waals surface area contributed by atoms with Gasteiger partial charge in [0.15, 0.2) is 11.5 Å². The first-order valence-corrected chi connectivity index (χ1v) is 6.05. The van der Waals surface area contributed by atoms with Crippen molar-refractivity contribution < 1.29 is 13.9 Å². The summed E-state index contributed by atoms with van der Waals surface area (Å²) in [7, 11) is 0. The average Bonchev–Trinajstić information content (AvgIpc) is 2.38. The zero-order valence-corrected chi connectivity index (χ0v) is 9.88. The van der Waals surface area contributed by atoms with Crippen LogP contribution in [0.3, 0.4) is 0 Å². The third kappa shape index (κ3) is 3.60. The molecule has 1 aromatic rings. The van der Waals surface area contributed by atoms with Gasteiger partial charge in [-0.15, -0.1) is 0 Å². The second-order valence-corrected chi connectivity index (χ2v) is 4.02. The van der Waals surface area contributed by atoms with Crippen LogP contribution in [0.5, 0.6) is 11.5 Å². The van der Waals surface area contributed by atoms with Gasteiger partial charge in [-0.1, -0.05) is 6.07 Å². The van der Waals surface area contributed by atoms with E-state index >= 15 is 0 Å². The molecule has 0 spiro atoms. The summed E-state index contributed by atoms with van der Waals surface area (Å²) in [5, 5.41) is 3.20. The molecule has 4 heteroatoms. The third-order valence-electron chi connectivity index (χ3n) is 2.68. The maximum atomic E-state index is 11.9. The number of hydrogen-bond donors (Lipinski definition) is 1. The van der Waals surface area contributed by atoms with Crippen molar-refractivity contribution in [2.24, 2.45) is 0 Å². The molecule has 3 nitrogen and oxygen atoms in total. The SMILES string of the molecule is FCCCNCCc1ccc2c(c1)OCCO2. The lowest BCUT2D eigenvalue weighted by atomic mass is 10.1. The van der Waals surface area contributed by atoms with Crippen LogP contribution in [-0.4, -0.2) is 33.0 Å². The molecule has 1 heterocycles. The monoisotopic (exact) mass is 239 g/mol. The fourth-order valence-electron chi connectivity index (χ4n) is 1.79. The Labute approximate surface area is 101 Å². The van der Waals surface area contributed by atoms with E-state index in [4.69, 9.17) is 9.47 Å². The highest BCUT2D eigenvalue weighted by atomic mass is 19.1. The molecule has 0 radical (unpaired) electrons. The second kappa shape index (κ2) is 6.45. The van der Waals surface area contributed by atoms with Crippen LogP contribution in [0.4, 0.5) is 4.39 Å². The van der Waals surface area contributed by atoms with E-state index < -0.39 is 0 Å². The van der Waals surface area contributed by atoms with Crippen LogP contribution in [0.25, 0.3) is 0 Å². The quantitative estimate of drug-likeness (QED) is 0.770. The number of fused-ring (bicyclic) bond motifs is 1. The molecule has 0 unspecified atom stereocenters. The first kappa shape index (κ1) is 12.2. The Hall–Kier alpha value is -1.29. The number of ether oxygens (including phenoxy) is 2. The van der Waals surface area contributed by atoms with E-state index in [2.05, 4.69) is 5.32 Å². The van der Waals surface area contributed by atoms with Gasteiger partial charge in [0.05, 0.1) is 6.67 Å². The van der Waals surface area contributed by atoms with Gasteiger partial charge in [0.1, 0.15) is 13.2 Å². The third-order valence-corrected chi connectivity index (χ3v) is 2.68. The molecule has 17 heavy (non-hydrogen) atoms. The van der Waals surface area contributed by atoms with Crippen molar-refractivity contribution in [1.29, 1.82) is 0 Å². The van der Waals surface area contributed by atoms with E-state index in [1.165, 1.54) is 5.56 Å². The lowest BCUT2D eigenvalue weighted by molar-refractivity contribution is 0.171. The first-order valence-electron chi connectivity index (χ1n) is 6.05. The minimum absolute atomic E-state index is 0.253. The Morgan fingerprint density at radius 3 is 2.76 bits per heavy atom. The van der Waals surface area contributed by atoms with Crippen LogP contribution in [0, 0.1) is 0 Å². The zero-order chi connectivity index (χ0) is 11.9. The highest BCUT2D eigenvalue weighted by Crippen LogP contribution is 2.30. The van der Waals surface area contributed by atoms with Crippen LogP contribution in [-0.2, 0) is 6.42 Å². The lowest BCUT2D eigenvalue weighted by Gasteiger charge is -2.18. The molecule has 1 aliphatic rings. The standard InChI is InChI=1S/C13H18FNO2/c14-5-1-6-15-7-4-11-2-3-12-13(10-11)17-9-8-16-12/h2-3,10,15H,1,4-9H2. The highest BCUT2D eigenvalue weighted by Gasteiger charge is 2.11. The summed E-state index contributed by atoms with van der Waals surface area (Å²) in [6.07, 6.45) is 1.50. The van der Waals surface area contributed by atoms with Crippen molar-refractivity contribution in [2.75, 3.05) is 33.0 Å². The van der Waals surface area contributed by atoms with Crippen LogP contribution in [0.15, 0.2) is 18.2 Å². The van der Waals surface area contributed by atoms with E-state index in [0.717, 1.165) is 31.0 Å². The molecular formula is C13H18FNO2. The van der Waals surface area contributed by atoms with Crippen molar-refractivity contribution in [3.05, 3.63) is 23.8 Å². The van der Waals surface area contributed by atoms with Gasteiger partial charge in [0.2, 0.25) is 0 Å². The molecule has 0 fully saturated rings. The molecule has 94 valence electrons. The summed E-state index contributed by atoms with van der Waals surface area (Å²) in [4.78, 5) is 0. The molecule has 0 saturated carbocycles. The normalized spacial score (nSPS) is 13.7. The van der Waals surface area contributed by atoms with Crippen molar-refractivity contribution in [3.8, 4) is 11.5 Å². The number of nitrogens with one attached hydrogen (secondary N) is 1. The van der Waals surface area contributed by atoms with E-state index in [9.17, 15) is 4.39 Å². The summed E-state index contributed by atoms with van der Waals surface area (Å²) in [6, 6.07) is 6.01. The van der Waals surface area contributed by atoms with Gasteiger partial charge < -0.3 is 14.8 Å². The van der Waals surface area contributed by atoms with E-state index in [1.807, 2.05) is 18.2 Å². The van der Waals surface area contributed by atoms with E-state index in [-0.39, 0.29) is 6.67 Å². The lowest BCUT2D eigenvalue weighted by Crippen LogP contribution is -2.19. The molecule has 0 bridgehead atoms. The molecule has 1 aliphatic heterocycles. The van der Waals surface area contributed by atoms with Gasteiger partial charge in [-0.05, 0) is 43.6 Å². The number of halogens is 1. The maximum absolute atomic E-state index is 11.9. The summed E-state index contributed by atoms with van der Waals surface area (Å²) >= 11 is 0. The number of alkyl halides is 1. The van der Waals surface area contributed by atoms with Crippen LogP contribution in [0.2, 0.25) is 0 Å². The molecule has 1 aromatic carbocycles. The Morgan fingerprint density at radius 2 is 1.94 bits per heavy atom. The van der Waals surface area contributed by atoms with Gasteiger partial charge in [0, 0.05) is 0 Å². The summed E-state index contributed by atoms with van der Waals surface area (Å²) < 4.78 is 22.8. The second-order valence-electron chi connectivity index (χ2n) is 4.02. The smallest absolute Gasteiger partial charge is 0.161 e. The minimum Gasteiger partial charge on any atom is -0.486 e. The molecular weight excluding hydrogens is 221 g/mol. The van der Waals surface area contributed by atoms with Gasteiger partial charge in [-0.25, -0.2) is 0 Å². The van der Waals surface area contributed by atoms with Crippen LogP contribution < -0.4 is 14.8 Å². The first-order chi connectivity index (χ1) is 8.40. The Bertz CT molecular complexity index is 357. The predicted octanol–water partition coefficient (Wildman–Crippen LogP) is 1.95. The summed E-state index contributed by atoms with van der Waals surface area (Å²) in [5.74, 6) is 1.66. The Kier molecular flexibility index (Phi) is 4.62. The average molecular weight is 239 g/mol. The largest absolute Gasteiger partial charge is 0.486 e. The predicted molar refractivity (Wildman–Crippen MR) is 64.6 cm³/mol. The van der Waals surface area contributed by atoms with Gasteiger partial charge in [-0.3, -0.25) is 4.39 Å². The Morgan fingerprint density at radius 1 is 1.12 bits per heavy atom. The number of hydrogen-bond acceptors (Lipinski definition) is 3. The van der Waals surface area contributed by atoms with Crippen molar-refractivity contribution in [1.82, 2.24) is 5.32 Å². The molecule has 0 amide bonds. The molecule has 0 aliphatic carbocycles. The van der Waals surface area contributed by atoms with Gasteiger partial charge >= 0.3 is 0 Å². The topological polar surface area (TPSA) is 30.5 Å². The fraction of sp³-hybridized carbons (Fsp3) is 0.538. The van der Waals surface area contributed by atoms with Crippen molar-refractivity contribution >= 4 is 0 Å². The Balaban J connectivity index is 1.81. The fourth-order valence-corrected chi connectivity index (χ4v) is 1.79. The molecule has 1 N–H and O–H groups in total. The zero-order valence-electron chi connectivity index (χ0n) is 9.88. The summed E-state index contributed by atoms with van der Waals surface area (Å²) in [5.41, 5.74) is 1.21. The molecule has 2 rings (SSSR count). The number of rotatable bonds is 6. The molecule has 0 atom stereocenters. The van der Waals surface area contributed by atoms with Gasteiger partial charge in [0.25, 0.3) is 0 Å². The van der Waals surface area contributed by atoms with Crippen molar-refractivity contribution in [2.45, 2.75) is 12.8 Å².